The van der Waals surface area contributed by atoms with Crippen LogP contribution in [0.5, 0.6) is 0 Å². The molecule has 0 atom stereocenters. The van der Waals surface area contributed by atoms with Gasteiger partial charge in [0.25, 0.3) is 0 Å². The predicted octanol–water partition coefficient (Wildman–Crippen LogP) is 0.995. The molecule has 0 aliphatic rings. The molecule has 13 heavy (non-hydrogen) atoms. The minimum absolute atomic E-state index is 0.191. The number of halogens is 1. The first-order chi connectivity index (χ1) is 6.25. The summed E-state index contributed by atoms with van der Waals surface area (Å²) in [4.78, 5) is 10.9. The molecule has 6 heteroatoms. The van der Waals surface area contributed by atoms with Gasteiger partial charge < -0.3 is 0 Å². The second-order valence-electron chi connectivity index (χ2n) is 2.31. The van der Waals surface area contributed by atoms with Gasteiger partial charge >= 0.3 is 5.69 Å². The van der Waals surface area contributed by atoms with Crippen LogP contribution in [-0.2, 0) is 7.05 Å². The first-order valence-electron chi connectivity index (χ1n) is 3.71. The van der Waals surface area contributed by atoms with E-state index in [1.807, 2.05) is 12.2 Å². The fraction of sp³-hybridized carbons (Fsp3) is 0.429. The van der Waals surface area contributed by atoms with Gasteiger partial charge in [0.2, 0.25) is 0 Å². The van der Waals surface area contributed by atoms with Crippen molar-refractivity contribution in [1.82, 2.24) is 14.8 Å². The number of aromatic amines is 1. The van der Waals surface area contributed by atoms with Gasteiger partial charge in [0.15, 0.2) is 5.16 Å². The van der Waals surface area contributed by atoms with Gasteiger partial charge in [-0.15, -0.1) is 16.7 Å². The van der Waals surface area contributed by atoms with E-state index in [0.29, 0.717) is 11.0 Å². The summed E-state index contributed by atoms with van der Waals surface area (Å²) in [5, 5.41) is 6.88. The van der Waals surface area contributed by atoms with Crippen LogP contribution in [0.1, 0.15) is 0 Å². The third-order valence-corrected chi connectivity index (χ3v) is 2.56. The predicted molar refractivity (Wildman–Crippen MR) is 54.4 cm³/mol. The number of H-pyrrole nitrogens is 1. The molecule has 0 saturated carbocycles. The maximum atomic E-state index is 10.9. The standard InChI is InChI=1S/C7H10ClN3OS/c1-11-6(12)9-10-7(11)13-5-3-2-4-8/h2-3H,4-5H2,1H3,(H,9,12). The first kappa shape index (κ1) is 10.4. The number of hydrogen-bond donors (Lipinski definition) is 1. The monoisotopic (exact) mass is 219 g/mol. The summed E-state index contributed by atoms with van der Waals surface area (Å²) in [6.07, 6.45) is 3.80. The molecule has 1 aromatic rings. The third-order valence-electron chi connectivity index (χ3n) is 1.40. The van der Waals surface area contributed by atoms with Crippen molar-refractivity contribution < 1.29 is 0 Å². The quantitative estimate of drug-likeness (QED) is 0.467. The van der Waals surface area contributed by atoms with Crippen LogP contribution in [0.2, 0.25) is 0 Å². The van der Waals surface area contributed by atoms with Gasteiger partial charge in [0.1, 0.15) is 0 Å². The van der Waals surface area contributed by atoms with E-state index in [1.54, 1.807) is 7.05 Å². The Balaban J connectivity index is 2.50. The lowest BCUT2D eigenvalue weighted by Crippen LogP contribution is -2.12. The number of aromatic nitrogens is 3. The molecule has 72 valence electrons. The zero-order valence-corrected chi connectivity index (χ0v) is 8.73. The van der Waals surface area contributed by atoms with E-state index >= 15 is 0 Å². The Morgan fingerprint density at radius 3 is 3.00 bits per heavy atom. The average molecular weight is 220 g/mol. The molecule has 1 heterocycles. The number of nitrogens with one attached hydrogen (secondary N) is 1. The highest BCUT2D eigenvalue weighted by molar-refractivity contribution is 7.99. The van der Waals surface area contributed by atoms with Crippen LogP contribution in [0.4, 0.5) is 0 Å². The summed E-state index contributed by atoms with van der Waals surface area (Å²) in [5.74, 6) is 1.28. The van der Waals surface area contributed by atoms with Gasteiger partial charge in [-0.3, -0.25) is 4.57 Å². The minimum atomic E-state index is -0.191. The summed E-state index contributed by atoms with van der Waals surface area (Å²) in [6, 6.07) is 0. The third kappa shape index (κ3) is 2.93. The SMILES string of the molecule is Cn1c(SCC=CCCl)n[nH]c1=O. The normalized spacial score (nSPS) is 11.2. The number of nitrogens with zero attached hydrogens (tertiary/aromatic N) is 2. The minimum Gasteiger partial charge on any atom is -0.273 e. The Morgan fingerprint density at radius 2 is 2.46 bits per heavy atom. The molecule has 0 aromatic carbocycles. The summed E-state index contributed by atoms with van der Waals surface area (Å²) in [7, 11) is 1.68. The Labute approximate surface area is 85.0 Å². The van der Waals surface area contributed by atoms with Crippen molar-refractivity contribution in [3.63, 3.8) is 0 Å². The lowest BCUT2D eigenvalue weighted by atomic mass is 10.6. The highest BCUT2D eigenvalue weighted by Gasteiger charge is 2.01. The van der Waals surface area contributed by atoms with Gasteiger partial charge in [0.05, 0.1) is 0 Å². The van der Waals surface area contributed by atoms with Crippen molar-refractivity contribution in [2.45, 2.75) is 5.16 Å². The molecule has 4 nitrogen and oxygen atoms in total. The lowest BCUT2D eigenvalue weighted by molar-refractivity contribution is 0.766. The molecule has 0 aliphatic carbocycles. The van der Waals surface area contributed by atoms with Crippen LogP contribution < -0.4 is 5.69 Å². The number of rotatable bonds is 4. The van der Waals surface area contributed by atoms with E-state index in [1.165, 1.54) is 16.3 Å². The highest BCUT2D eigenvalue weighted by atomic mass is 35.5. The molecule has 0 bridgehead atoms. The lowest BCUT2D eigenvalue weighted by Gasteiger charge is -1.94. The second-order valence-corrected chi connectivity index (χ2v) is 3.60. The summed E-state index contributed by atoms with van der Waals surface area (Å²) in [6.45, 7) is 0. The fourth-order valence-corrected chi connectivity index (χ4v) is 1.61. The van der Waals surface area contributed by atoms with Crippen molar-refractivity contribution in [3.8, 4) is 0 Å². The van der Waals surface area contributed by atoms with Gasteiger partial charge in [-0.2, -0.15) is 0 Å². The molecule has 1 N–H and O–H groups in total. The fourth-order valence-electron chi connectivity index (χ4n) is 0.715. The van der Waals surface area contributed by atoms with E-state index in [-0.39, 0.29) is 5.69 Å². The number of allylic oxidation sites excluding steroid dienone is 1. The van der Waals surface area contributed by atoms with Gasteiger partial charge in [0, 0.05) is 18.7 Å². The summed E-state index contributed by atoms with van der Waals surface area (Å²) >= 11 is 6.93. The van der Waals surface area contributed by atoms with Crippen molar-refractivity contribution >= 4 is 23.4 Å². The smallest absolute Gasteiger partial charge is 0.273 e. The van der Waals surface area contributed by atoms with Crippen LogP contribution in [0.15, 0.2) is 22.1 Å². The molecular formula is C7H10ClN3OS. The molecule has 0 spiro atoms. The van der Waals surface area contributed by atoms with Crippen LogP contribution in [0.25, 0.3) is 0 Å². The number of thioether (sulfide) groups is 1. The molecule has 1 rings (SSSR count). The van der Waals surface area contributed by atoms with E-state index < -0.39 is 0 Å². The van der Waals surface area contributed by atoms with Gasteiger partial charge in [-0.05, 0) is 0 Å². The zero-order valence-electron chi connectivity index (χ0n) is 7.16. The average Bonchev–Trinajstić information content (AvgIpc) is 2.43. The Morgan fingerprint density at radius 1 is 1.69 bits per heavy atom. The number of hydrogen-bond acceptors (Lipinski definition) is 3. The van der Waals surface area contributed by atoms with Crippen LogP contribution >= 0.6 is 23.4 Å². The largest absolute Gasteiger partial charge is 0.343 e. The van der Waals surface area contributed by atoms with Crippen LogP contribution in [0.3, 0.4) is 0 Å². The molecule has 0 amide bonds. The van der Waals surface area contributed by atoms with Gasteiger partial charge in [-0.1, -0.05) is 23.9 Å². The zero-order chi connectivity index (χ0) is 9.68. The van der Waals surface area contributed by atoms with E-state index in [4.69, 9.17) is 11.6 Å². The van der Waals surface area contributed by atoms with Crippen molar-refractivity contribution in [2.24, 2.45) is 7.05 Å². The molecule has 0 aliphatic heterocycles. The van der Waals surface area contributed by atoms with Crippen molar-refractivity contribution in [3.05, 3.63) is 22.6 Å². The molecule has 0 saturated heterocycles. The molecular weight excluding hydrogens is 210 g/mol. The molecule has 1 aromatic heterocycles. The van der Waals surface area contributed by atoms with E-state index in [0.717, 1.165) is 5.75 Å². The maximum Gasteiger partial charge on any atom is 0.343 e. The summed E-state index contributed by atoms with van der Waals surface area (Å²) in [5.41, 5.74) is -0.191. The van der Waals surface area contributed by atoms with Gasteiger partial charge in [-0.25, -0.2) is 9.89 Å². The Bertz CT molecular complexity index is 344. The topological polar surface area (TPSA) is 50.7 Å². The first-order valence-corrected chi connectivity index (χ1v) is 5.23. The van der Waals surface area contributed by atoms with Crippen LogP contribution in [-0.4, -0.2) is 26.4 Å². The highest BCUT2D eigenvalue weighted by Crippen LogP contribution is 2.11. The van der Waals surface area contributed by atoms with Crippen molar-refractivity contribution in [1.29, 1.82) is 0 Å². The Kier molecular flexibility index (Phi) is 4.11. The summed E-state index contributed by atoms with van der Waals surface area (Å²) < 4.78 is 1.47. The molecule has 0 radical (unpaired) electrons. The second kappa shape index (κ2) is 5.14. The van der Waals surface area contributed by atoms with E-state index in [9.17, 15) is 4.79 Å². The number of alkyl halides is 1. The van der Waals surface area contributed by atoms with Crippen LogP contribution in [0, 0.1) is 0 Å². The van der Waals surface area contributed by atoms with E-state index in [2.05, 4.69) is 10.2 Å². The maximum absolute atomic E-state index is 10.9. The van der Waals surface area contributed by atoms with Crippen molar-refractivity contribution in [2.75, 3.05) is 11.6 Å². The Hall–Kier alpha value is -0.680. The molecule has 0 fully saturated rings. The molecule has 0 unspecified atom stereocenters.